The number of nitro groups is 1. The number of nitro benzene ring substituents is 1. The Hall–Kier alpha value is -2.02. The third kappa shape index (κ3) is 3.25. The van der Waals surface area contributed by atoms with Crippen LogP contribution < -0.4 is 10.6 Å². The lowest BCUT2D eigenvalue weighted by molar-refractivity contribution is -0.385. The molecule has 1 aromatic rings. The number of nitrogens with one attached hydrogen (secondary N) is 2. The van der Waals surface area contributed by atoms with Crippen molar-refractivity contribution in [1.29, 1.82) is 0 Å². The van der Waals surface area contributed by atoms with Gasteiger partial charge >= 0.3 is 0 Å². The van der Waals surface area contributed by atoms with E-state index in [1.54, 1.807) is 0 Å². The number of nitrogens with zero attached hydrogens (tertiary/aromatic N) is 1. The van der Waals surface area contributed by atoms with Crippen LogP contribution in [0.25, 0.3) is 0 Å². The minimum atomic E-state index is -0.878. The Labute approximate surface area is 109 Å². The van der Waals surface area contributed by atoms with Gasteiger partial charge in [0.2, 0.25) is 0 Å². The van der Waals surface area contributed by atoms with E-state index in [9.17, 15) is 19.3 Å². The van der Waals surface area contributed by atoms with Crippen LogP contribution >= 0.6 is 0 Å². The number of amides is 1. The molecule has 1 aromatic carbocycles. The van der Waals surface area contributed by atoms with Gasteiger partial charge in [0.1, 0.15) is 5.82 Å². The van der Waals surface area contributed by atoms with E-state index in [4.69, 9.17) is 0 Å². The van der Waals surface area contributed by atoms with Gasteiger partial charge in [-0.3, -0.25) is 14.9 Å². The van der Waals surface area contributed by atoms with E-state index in [0.717, 1.165) is 37.7 Å². The monoisotopic (exact) mass is 267 g/mol. The summed E-state index contributed by atoms with van der Waals surface area (Å²) in [6.07, 6.45) is 0.975. The first kappa shape index (κ1) is 13.4. The second-order valence-corrected chi connectivity index (χ2v) is 4.49. The highest BCUT2D eigenvalue weighted by atomic mass is 19.1. The number of carbonyl (C=O) groups is 1. The van der Waals surface area contributed by atoms with Crippen molar-refractivity contribution >= 4 is 11.6 Å². The summed E-state index contributed by atoms with van der Waals surface area (Å²) in [6, 6.07) is 3.01. The van der Waals surface area contributed by atoms with Crippen LogP contribution in [0.4, 0.5) is 10.1 Å². The minimum absolute atomic E-state index is 0.170. The zero-order valence-electron chi connectivity index (χ0n) is 10.2. The summed E-state index contributed by atoms with van der Waals surface area (Å²) in [5, 5.41) is 16.3. The van der Waals surface area contributed by atoms with Gasteiger partial charge in [0, 0.05) is 12.6 Å². The number of halogens is 1. The predicted octanol–water partition coefficient (Wildman–Crippen LogP) is 1.07. The average Bonchev–Trinajstić information content (AvgIpc) is 2.88. The zero-order valence-corrected chi connectivity index (χ0v) is 10.2. The average molecular weight is 267 g/mol. The number of carbonyl (C=O) groups excluding carboxylic acids is 1. The third-order valence-electron chi connectivity index (χ3n) is 3.12. The van der Waals surface area contributed by atoms with Gasteiger partial charge in [-0.15, -0.1) is 0 Å². The van der Waals surface area contributed by atoms with Gasteiger partial charge in [0.05, 0.1) is 16.6 Å². The quantitative estimate of drug-likeness (QED) is 0.631. The smallest absolute Gasteiger partial charge is 0.272 e. The predicted molar refractivity (Wildman–Crippen MR) is 66.4 cm³/mol. The maximum absolute atomic E-state index is 13.6. The summed E-state index contributed by atoms with van der Waals surface area (Å²) in [7, 11) is 0. The van der Waals surface area contributed by atoms with Crippen LogP contribution in [0, 0.1) is 21.8 Å². The molecule has 1 aliphatic heterocycles. The molecule has 6 nitrogen and oxygen atoms in total. The molecule has 2 N–H and O–H groups in total. The zero-order chi connectivity index (χ0) is 13.8. The summed E-state index contributed by atoms with van der Waals surface area (Å²) >= 11 is 0. The topological polar surface area (TPSA) is 84.3 Å². The second-order valence-electron chi connectivity index (χ2n) is 4.49. The van der Waals surface area contributed by atoms with Crippen molar-refractivity contribution in [1.82, 2.24) is 10.6 Å². The summed E-state index contributed by atoms with van der Waals surface area (Å²) in [6.45, 7) is 2.23. The molecule has 1 heterocycles. The van der Waals surface area contributed by atoms with Crippen molar-refractivity contribution in [2.75, 3.05) is 19.6 Å². The molecule has 0 saturated carbocycles. The standard InChI is InChI=1S/C12H14FN3O3/c13-11-5-9(16(18)19)1-2-10(11)12(17)15-7-8-3-4-14-6-8/h1-2,5,8,14H,3-4,6-7H2,(H,15,17). The van der Waals surface area contributed by atoms with E-state index < -0.39 is 16.6 Å². The van der Waals surface area contributed by atoms with Gasteiger partial charge in [0.15, 0.2) is 0 Å². The molecule has 1 amide bonds. The molecule has 19 heavy (non-hydrogen) atoms. The minimum Gasteiger partial charge on any atom is -0.352 e. The Balaban J connectivity index is 2.00. The molecule has 0 spiro atoms. The molecule has 2 rings (SSSR count). The second kappa shape index (κ2) is 5.75. The molecule has 1 saturated heterocycles. The van der Waals surface area contributed by atoms with Crippen LogP contribution in [-0.4, -0.2) is 30.5 Å². The maximum atomic E-state index is 13.6. The normalized spacial score (nSPS) is 18.3. The first-order valence-corrected chi connectivity index (χ1v) is 6.01. The highest BCUT2D eigenvalue weighted by Gasteiger charge is 2.19. The molecule has 0 aromatic heterocycles. The van der Waals surface area contributed by atoms with Gasteiger partial charge in [-0.05, 0) is 31.5 Å². The van der Waals surface area contributed by atoms with Crippen LogP contribution in [-0.2, 0) is 0 Å². The van der Waals surface area contributed by atoms with Crippen molar-refractivity contribution < 1.29 is 14.1 Å². The van der Waals surface area contributed by atoms with E-state index in [0.29, 0.717) is 12.5 Å². The van der Waals surface area contributed by atoms with Crippen molar-refractivity contribution in [3.05, 3.63) is 39.7 Å². The number of rotatable bonds is 4. The molecule has 1 atom stereocenters. The third-order valence-corrected chi connectivity index (χ3v) is 3.12. The maximum Gasteiger partial charge on any atom is 0.272 e. The van der Waals surface area contributed by atoms with E-state index >= 15 is 0 Å². The number of benzene rings is 1. The lowest BCUT2D eigenvalue weighted by Crippen LogP contribution is -2.30. The number of hydrogen-bond donors (Lipinski definition) is 2. The van der Waals surface area contributed by atoms with Crippen molar-refractivity contribution in [2.24, 2.45) is 5.92 Å². The molecular weight excluding hydrogens is 253 g/mol. The van der Waals surface area contributed by atoms with Crippen LogP contribution in [0.15, 0.2) is 18.2 Å². The first-order chi connectivity index (χ1) is 9.08. The molecule has 0 aliphatic carbocycles. The molecule has 0 radical (unpaired) electrons. The van der Waals surface area contributed by atoms with Crippen LogP contribution in [0.5, 0.6) is 0 Å². The first-order valence-electron chi connectivity index (χ1n) is 6.01. The van der Waals surface area contributed by atoms with Gasteiger partial charge in [-0.1, -0.05) is 0 Å². The highest BCUT2D eigenvalue weighted by molar-refractivity contribution is 5.94. The fourth-order valence-corrected chi connectivity index (χ4v) is 2.02. The van der Waals surface area contributed by atoms with Crippen LogP contribution in [0.2, 0.25) is 0 Å². The Kier molecular flexibility index (Phi) is 4.06. The lowest BCUT2D eigenvalue weighted by Gasteiger charge is -2.10. The van der Waals surface area contributed by atoms with E-state index in [1.807, 2.05) is 0 Å². The fourth-order valence-electron chi connectivity index (χ4n) is 2.02. The van der Waals surface area contributed by atoms with Crippen molar-refractivity contribution in [3.8, 4) is 0 Å². The summed E-state index contributed by atoms with van der Waals surface area (Å²) in [5.41, 5.74) is -0.536. The summed E-state index contributed by atoms with van der Waals surface area (Å²) in [4.78, 5) is 21.5. The molecule has 1 aliphatic rings. The molecule has 0 bridgehead atoms. The van der Waals surface area contributed by atoms with E-state index in [1.165, 1.54) is 0 Å². The largest absolute Gasteiger partial charge is 0.352 e. The summed E-state index contributed by atoms with van der Waals surface area (Å²) < 4.78 is 13.6. The molecule has 1 fully saturated rings. The van der Waals surface area contributed by atoms with Crippen LogP contribution in [0.1, 0.15) is 16.8 Å². The van der Waals surface area contributed by atoms with Gasteiger partial charge in [-0.25, -0.2) is 4.39 Å². The molecule has 102 valence electrons. The van der Waals surface area contributed by atoms with Gasteiger partial charge < -0.3 is 10.6 Å². The molecule has 7 heteroatoms. The Bertz CT molecular complexity index is 501. The highest BCUT2D eigenvalue weighted by Crippen LogP contribution is 2.16. The van der Waals surface area contributed by atoms with Gasteiger partial charge in [0.25, 0.3) is 11.6 Å². The molecule has 1 unspecified atom stereocenters. The lowest BCUT2D eigenvalue weighted by atomic mass is 10.1. The van der Waals surface area contributed by atoms with Gasteiger partial charge in [-0.2, -0.15) is 0 Å². The number of non-ortho nitro benzene ring substituents is 1. The van der Waals surface area contributed by atoms with E-state index in [-0.39, 0.29) is 11.3 Å². The number of hydrogen-bond acceptors (Lipinski definition) is 4. The summed E-state index contributed by atoms with van der Waals surface area (Å²) in [5.74, 6) is -1.07. The SMILES string of the molecule is O=C(NCC1CCNC1)c1ccc([N+](=O)[O-])cc1F. The van der Waals surface area contributed by atoms with E-state index in [2.05, 4.69) is 10.6 Å². The fraction of sp³-hybridized carbons (Fsp3) is 0.417. The Morgan fingerprint density at radius 3 is 2.95 bits per heavy atom. The van der Waals surface area contributed by atoms with Crippen molar-refractivity contribution in [2.45, 2.75) is 6.42 Å². The Morgan fingerprint density at radius 2 is 2.37 bits per heavy atom. The van der Waals surface area contributed by atoms with Crippen molar-refractivity contribution in [3.63, 3.8) is 0 Å². The molecular formula is C12H14FN3O3. The Morgan fingerprint density at radius 1 is 1.58 bits per heavy atom. The van der Waals surface area contributed by atoms with Crippen LogP contribution in [0.3, 0.4) is 0 Å².